The zero-order chi connectivity index (χ0) is 16.4. The van der Waals surface area contributed by atoms with Crippen molar-refractivity contribution in [3.05, 3.63) is 40.9 Å². The molecule has 0 aliphatic carbocycles. The summed E-state index contributed by atoms with van der Waals surface area (Å²) in [5.41, 5.74) is 0.572. The number of hydrogen-bond donors (Lipinski definition) is 0. The molecule has 1 aliphatic rings. The summed E-state index contributed by atoms with van der Waals surface area (Å²) in [7, 11) is 0. The molecule has 0 bridgehead atoms. The second-order valence-corrected chi connectivity index (χ2v) is 6.05. The Labute approximate surface area is 134 Å². The van der Waals surface area contributed by atoms with Crippen LogP contribution in [-0.4, -0.2) is 45.7 Å². The maximum Gasteiger partial charge on any atom is 0.261 e. The van der Waals surface area contributed by atoms with Crippen LogP contribution in [0.1, 0.15) is 20.3 Å². The van der Waals surface area contributed by atoms with Crippen LogP contribution >= 0.6 is 0 Å². The smallest absolute Gasteiger partial charge is 0.261 e. The number of nitrogens with zero attached hydrogens (tertiary/aromatic N) is 3. The van der Waals surface area contributed by atoms with Gasteiger partial charge in [-0.05, 0) is 26.0 Å². The lowest BCUT2D eigenvalue weighted by Crippen LogP contribution is -2.50. The van der Waals surface area contributed by atoms with Crippen molar-refractivity contribution in [2.45, 2.75) is 39.0 Å². The van der Waals surface area contributed by atoms with E-state index in [9.17, 15) is 9.59 Å². The van der Waals surface area contributed by atoms with Crippen LogP contribution in [0.2, 0.25) is 0 Å². The van der Waals surface area contributed by atoms with Crippen LogP contribution in [0.25, 0.3) is 10.9 Å². The number of fused-ring (bicyclic) bond motifs is 1. The van der Waals surface area contributed by atoms with Gasteiger partial charge in [-0.25, -0.2) is 4.98 Å². The van der Waals surface area contributed by atoms with Gasteiger partial charge in [0.05, 0.1) is 36.0 Å². The third-order valence-corrected chi connectivity index (χ3v) is 4.23. The molecular formula is C17H21N3O3. The first-order valence-electron chi connectivity index (χ1n) is 7.91. The van der Waals surface area contributed by atoms with Gasteiger partial charge in [-0.2, -0.15) is 0 Å². The molecule has 1 saturated heterocycles. The van der Waals surface area contributed by atoms with Crippen molar-refractivity contribution in [1.29, 1.82) is 0 Å². The molecule has 3 rings (SSSR count). The number of para-hydroxylation sites is 1. The number of morpholine rings is 1. The minimum Gasteiger partial charge on any atom is -0.375 e. The minimum atomic E-state index is -0.105. The van der Waals surface area contributed by atoms with Crippen molar-refractivity contribution in [2.24, 2.45) is 0 Å². The maximum atomic E-state index is 12.4. The summed E-state index contributed by atoms with van der Waals surface area (Å²) in [4.78, 5) is 31.0. The first-order valence-corrected chi connectivity index (χ1v) is 7.91. The van der Waals surface area contributed by atoms with E-state index in [2.05, 4.69) is 4.98 Å². The third kappa shape index (κ3) is 3.27. The Morgan fingerprint density at radius 1 is 1.35 bits per heavy atom. The quantitative estimate of drug-likeness (QED) is 0.859. The maximum absolute atomic E-state index is 12.4. The summed E-state index contributed by atoms with van der Waals surface area (Å²) in [6, 6.07) is 7.31. The normalized spacial score (nSPS) is 21.6. The van der Waals surface area contributed by atoms with Crippen LogP contribution < -0.4 is 5.56 Å². The number of carbonyl (C=O) groups excluding carboxylic acids is 1. The molecule has 0 unspecified atom stereocenters. The second-order valence-electron chi connectivity index (χ2n) is 6.05. The van der Waals surface area contributed by atoms with E-state index < -0.39 is 0 Å². The van der Waals surface area contributed by atoms with E-state index in [1.54, 1.807) is 6.07 Å². The number of ether oxygens (including phenoxy) is 1. The van der Waals surface area contributed by atoms with Gasteiger partial charge in [0, 0.05) is 19.5 Å². The van der Waals surface area contributed by atoms with E-state index in [0.29, 0.717) is 30.6 Å². The molecule has 1 fully saturated rings. The highest BCUT2D eigenvalue weighted by Gasteiger charge is 2.27. The number of hydrogen-bond acceptors (Lipinski definition) is 4. The van der Waals surface area contributed by atoms with E-state index in [1.807, 2.05) is 36.9 Å². The van der Waals surface area contributed by atoms with Gasteiger partial charge in [-0.1, -0.05) is 12.1 Å². The molecule has 0 N–H and O–H groups in total. The van der Waals surface area contributed by atoms with E-state index >= 15 is 0 Å². The summed E-state index contributed by atoms with van der Waals surface area (Å²) in [5, 5.41) is 0.579. The molecule has 1 aromatic heterocycles. The van der Waals surface area contributed by atoms with Crippen molar-refractivity contribution in [2.75, 3.05) is 13.2 Å². The van der Waals surface area contributed by atoms with Gasteiger partial charge in [0.2, 0.25) is 5.91 Å². The Morgan fingerprint density at radius 2 is 2.13 bits per heavy atom. The molecule has 6 nitrogen and oxygen atoms in total. The molecule has 1 aliphatic heterocycles. The molecular weight excluding hydrogens is 294 g/mol. The molecule has 2 atom stereocenters. The number of aryl methyl sites for hydroxylation is 1. The molecule has 0 spiro atoms. The van der Waals surface area contributed by atoms with Crippen molar-refractivity contribution < 1.29 is 9.53 Å². The zero-order valence-corrected chi connectivity index (χ0v) is 13.4. The van der Waals surface area contributed by atoms with Gasteiger partial charge in [0.15, 0.2) is 0 Å². The third-order valence-electron chi connectivity index (χ3n) is 4.23. The lowest BCUT2D eigenvalue weighted by atomic mass is 10.2. The summed E-state index contributed by atoms with van der Waals surface area (Å²) in [6.07, 6.45) is 1.86. The zero-order valence-electron chi connectivity index (χ0n) is 13.4. The molecule has 122 valence electrons. The van der Waals surface area contributed by atoms with Crippen molar-refractivity contribution in [1.82, 2.24) is 14.5 Å². The highest BCUT2D eigenvalue weighted by molar-refractivity contribution is 5.78. The Bertz CT molecular complexity index is 771. The fourth-order valence-corrected chi connectivity index (χ4v) is 2.88. The van der Waals surface area contributed by atoms with Gasteiger partial charge in [-0.15, -0.1) is 0 Å². The van der Waals surface area contributed by atoms with Crippen molar-refractivity contribution in [3.8, 4) is 0 Å². The Morgan fingerprint density at radius 3 is 2.96 bits per heavy atom. The molecule has 0 radical (unpaired) electrons. The minimum absolute atomic E-state index is 0.0488. The number of amides is 1. The summed E-state index contributed by atoms with van der Waals surface area (Å²) >= 11 is 0. The van der Waals surface area contributed by atoms with Gasteiger partial charge in [0.25, 0.3) is 5.56 Å². The largest absolute Gasteiger partial charge is 0.375 e. The Hall–Kier alpha value is -2.21. The Balaban J connectivity index is 1.72. The number of rotatable bonds is 3. The van der Waals surface area contributed by atoms with E-state index in [1.165, 1.54) is 10.9 Å². The van der Waals surface area contributed by atoms with Crippen LogP contribution in [0.3, 0.4) is 0 Å². The SMILES string of the molecule is C[C@H]1CN(C(=O)CCn2cnc3ccccc3c2=O)[C@@H](C)CO1. The average molecular weight is 315 g/mol. The molecule has 23 heavy (non-hydrogen) atoms. The van der Waals surface area contributed by atoms with Crippen molar-refractivity contribution >= 4 is 16.8 Å². The number of benzene rings is 1. The topological polar surface area (TPSA) is 64.4 Å². The van der Waals surface area contributed by atoms with Gasteiger partial charge in [-0.3, -0.25) is 14.2 Å². The van der Waals surface area contributed by atoms with Crippen LogP contribution in [0.15, 0.2) is 35.4 Å². The van der Waals surface area contributed by atoms with Crippen LogP contribution in [-0.2, 0) is 16.1 Å². The Kier molecular flexibility index (Phi) is 4.43. The predicted octanol–water partition coefficient (Wildman–Crippen LogP) is 1.42. The fourth-order valence-electron chi connectivity index (χ4n) is 2.88. The average Bonchev–Trinajstić information content (AvgIpc) is 2.56. The van der Waals surface area contributed by atoms with E-state index in [-0.39, 0.29) is 30.0 Å². The second kappa shape index (κ2) is 6.50. The molecule has 2 aromatic rings. The lowest BCUT2D eigenvalue weighted by Gasteiger charge is -2.36. The summed E-state index contributed by atoms with van der Waals surface area (Å²) < 4.78 is 7.05. The lowest BCUT2D eigenvalue weighted by molar-refractivity contribution is -0.143. The molecule has 6 heteroatoms. The molecule has 1 aromatic carbocycles. The van der Waals surface area contributed by atoms with Gasteiger partial charge >= 0.3 is 0 Å². The van der Waals surface area contributed by atoms with Gasteiger partial charge in [0.1, 0.15) is 0 Å². The van der Waals surface area contributed by atoms with Crippen LogP contribution in [0, 0.1) is 0 Å². The highest BCUT2D eigenvalue weighted by atomic mass is 16.5. The van der Waals surface area contributed by atoms with E-state index in [4.69, 9.17) is 4.74 Å². The fraction of sp³-hybridized carbons (Fsp3) is 0.471. The highest BCUT2D eigenvalue weighted by Crippen LogP contribution is 2.13. The first-order chi connectivity index (χ1) is 11.1. The predicted molar refractivity (Wildman–Crippen MR) is 87.2 cm³/mol. The van der Waals surface area contributed by atoms with Crippen LogP contribution in [0.5, 0.6) is 0 Å². The summed E-state index contributed by atoms with van der Waals surface area (Å²) in [6.45, 7) is 5.45. The number of aromatic nitrogens is 2. The standard InChI is InChI=1S/C17H21N3O3/c1-12-10-23-13(2)9-20(12)16(21)7-8-19-11-18-15-6-4-3-5-14(15)17(19)22/h3-6,11-13H,7-10H2,1-2H3/t12-,13-/m0/s1. The monoisotopic (exact) mass is 315 g/mol. The van der Waals surface area contributed by atoms with Gasteiger partial charge < -0.3 is 9.64 Å². The first kappa shape index (κ1) is 15.7. The molecule has 0 saturated carbocycles. The van der Waals surface area contributed by atoms with E-state index in [0.717, 1.165) is 0 Å². The molecule has 1 amide bonds. The van der Waals surface area contributed by atoms with Crippen LogP contribution in [0.4, 0.5) is 0 Å². The number of carbonyl (C=O) groups is 1. The van der Waals surface area contributed by atoms with Crippen molar-refractivity contribution in [3.63, 3.8) is 0 Å². The summed E-state index contributed by atoms with van der Waals surface area (Å²) in [5.74, 6) is 0.0488. The molecule has 2 heterocycles.